The topological polar surface area (TPSA) is 73.3 Å². The number of nitro groups is 1. The van der Waals surface area contributed by atoms with Gasteiger partial charge in [0.15, 0.2) is 5.76 Å². The summed E-state index contributed by atoms with van der Waals surface area (Å²) in [6, 6.07) is 11.3. The zero-order chi connectivity index (χ0) is 15.9. The minimum Gasteiger partial charge on any atom is -0.453 e. The van der Waals surface area contributed by atoms with Crippen LogP contribution < -0.4 is 0 Å². The molecule has 1 heterocycles. The van der Waals surface area contributed by atoms with Crippen molar-refractivity contribution in [1.29, 1.82) is 0 Å². The van der Waals surface area contributed by atoms with E-state index in [2.05, 4.69) is 0 Å². The van der Waals surface area contributed by atoms with E-state index < -0.39 is 4.92 Å². The van der Waals surface area contributed by atoms with Crippen molar-refractivity contribution in [3.8, 4) is 0 Å². The molecule has 0 unspecified atom stereocenters. The normalized spacial score (nSPS) is 10.8. The van der Waals surface area contributed by atoms with Crippen LogP contribution in [0.5, 0.6) is 0 Å². The fraction of sp³-hybridized carbons (Fsp3) is 0.118. The zero-order valence-electron chi connectivity index (χ0n) is 12.1. The first-order chi connectivity index (χ1) is 10.5. The van der Waals surface area contributed by atoms with Crippen LogP contribution in [0.3, 0.4) is 0 Å². The molecule has 5 heteroatoms. The molecular formula is C17H13NO4. The highest BCUT2D eigenvalue weighted by molar-refractivity contribution is 6.09. The lowest BCUT2D eigenvalue weighted by Crippen LogP contribution is -2.00. The first kappa shape index (κ1) is 14.0. The molecule has 0 fully saturated rings. The van der Waals surface area contributed by atoms with Gasteiger partial charge in [-0.05, 0) is 43.2 Å². The number of non-ortho nitro benzene ring substituents is 1. The summed E-state index contributed by atoms with van der Waals surface area (Å²) >= 11 is 0. The molecule has 0 bridgehead atoms. The lowest BCUT2D eigenvalue weighted by atomic mass is 10.0. The number of fused-ring (bicyclic) bond motifs is 1. The number of carbonyl (C=O) groups is 1. The minimum atomic E-state index is -0.475. The molecule has 1 aromatic heterocycles. The Kier molecular flexibility index (Phi) is 3.25. The summed E-state index contributed by atoms with van der Waals surface area (Å²) in [6.45, 7) is 3.91. The van der Waals surface area contributed by atoms with Crippen LogP contribution in [-0.2, 0) is 0 Å². The molecule has 5 nitrogen and oxygen atoms in total. The van der Waals surface area contributed by atoms with Gasteiger partial charge in [-0.25, -0.2) is 0 Å². The molecule has 0 aliphatic rings. The van der Waals surface area contributed by atoms with Crippen LogP contribution in [0.2, 0.25) is 0 Å². The smallest absolute Gasteiger partial charge is 0.270 e. The zero-order valence-corrected chi connectivity index (χ0v) is 12.1. The van der Waals surface area contributed by atoms with Crippen molar-refractivity contribution in [2.75, 3.05) is 0 Å². The molecule has 0 atom stereocenters. The number of furan rings is 1. The Hall–Kier alpha value is -2.95. The third kappa shape index (κ3) is 2.37. The highest BCUT2D eigenvalue weighted by Gasteiger charge is 2.17. The van der Waals surface area contributed by atoms with Crippen molar-refractivity contribution in [3.63, 3.8) is 0 Å². The highest BCUT2D eigenvalue weighted by Crippen LogP contribution is 2.26. The van der Waals surface area contributed by atoms with Crippen molar-refractivity contribution in [2.45, 2.75) is 13.8 Å². The molecule has 0 N–H and O–H groups in total. The van der Waals surface area contributed by atoms with Crippen molar-refractivity contribution >= 4 is 22.4 Å². The van der Waals surface area contributed by atoms with E-state index in [9.17, 15) is 14.9 Å². The van der Waals surface area contributed by atoms with E-state index in [4.69, 9.17) is 4.42 Å². The van der Waals surface area contributed by atoms with Crippen LogP contribution in [0, 0.1) is 24.0 Å². The van der Waals surface area contributed by atoms with E-state index in [0.717, 1.165) is 11.1 Å². The summed E-state index contributed by atoms with van der Waals surface area (Å²) in [5.41, 5.74) is 3.10. The van der Waals surface area contributed by atoms with Gasteiger partial charge >= 0.3 is 0 Å². The second-order valence-corrected chi connectivity index (χ2v) is 5.22. The summed E-state index contributed by atoms with van der Waals surface area (Å²) in [7, 11) is 0. The lowest BCUT2D eigenvalue weighted by Gasteiger charge is -2.02. The van der Waals surface area contributed by atoms with Crippen molar-refractivity contribution < 1.29 is 14.1 Å². The molecule has 110 valence electrons. The largest absolute Gasteiger partial charge is 0.453 e. The molecule has 0 spiro atoms. The van der Waals surface area contributed by atoms with Crippen molar-refractivity contribution in [3.05, 3.63) is 75.0 Å². The van der Waals surface area contributed by atoms with E-state index >= 15 is 0 Å². The Balaban J connectivity index is 2.03. The van der Waals surface area contributed by atoms with E-state index in [-0.39, 0.29) is 17.2 Å². The number of rotatable bonds is 3. The number of nitrogens with zero attached hydrogens (tertiary/aromatic N) is 1. The minimum absolute atomic E-state index is 0.0292. The summed E-state index contributed by atoms with van der Waals surface area (Å²) in [6.07, 6.45) is 0. The number of hydrogen-bond acceptors (Lipinski definition) is 4. The van der Waals surface area contributed by atoms with E-state index in [0.29, 0.717) is 16.5 Å². The van der Waals surface area contributed by atoms with Crippen LogP contribution in [-0.4, -0.2) is 10.7 Å². The number of ketones is 1. The van der Waals surface area contributed by atoms with Gasteiger partial charge in [0, 0.05) is 23.1 Å². The van der Waals surface area contributed by atoms with E-state index in [1.807, 2.05) is 26.0 Å². The Bertz CT molecular complexity index is 908. The van der Waals surface area contributed by atoms with Gasteiger partial charge in [0.05, 0.1) is 4.92 Å². The number of aryl methyl sites for hydroxylation is 2. The number of hydrogen-bond donors (Lipinski definition) is 0. The second-order valence-electron chi connectivity index (χ2n) is 5.22. The monoisotopic (exact) mass is 295 g/mol. The standard InChI is InChI=1S/C17H13NO4/c1-10-3-4-12(7-11(10)2)17(19)16-9-13-8-14(18(20)21)5-6-15(13)22-16/h3-9H,1-2H3. The Morgan fingerprint density at radius 1 is 1.05 bits per heavy atom. The first-order valence-corrected chi connectivity index (χ1v) is 6.75. The molecule has 3 aromatic rings. The van der Waals surface area contributed by atoms with Gasteiger partial charge < -0.3 is 4.42 Å². The van der Waals surface area contributed by atoms with Crippen LogP contribution >= 0.6 is 0 Å². The van der Waals surface area contributed by atoms with Gasteiger partial charge in [-0.3, -0.25) is 14.9 Å². The fourth-order valence-electron chi connectivity index (χ4n) is 2.28. The van der Waals surface area contributed by atoms with Crippen LogP contribution in [0.25, 0.3) is 11.0 Å². The van der Waals surface area contributed by atoms with Crippen LogP contribution in [0.15, 0.2) is 46.9 Å². The Labute approximate surface area is 126 Å². The predicted molar refractivity (Wildman–Crippen MR) is 82.2 cm³/mol. The molecule has 22 heavy (non-hydrogen) atoms. The summed E-state index contributed by atoms with van der Waals surface area (Å²) in [5.74, 6) is -0.0549. The number of nitro benzene ring substituents is 1. The van der Waals surface area contributed by atoms with Gasteiger partial charge in [0.25, 0.3) is 5.69 Å². The summed E-state index contributed by atoms with van der Waals surface area (Å²) in [5, 5.41) is 11.3. The predicted octanol–water partition coefficient (Wildman–Crippen LogP) is 4.19. The van der Waals surface area contributed by atoms with Gasteiger partial charge in [-0.2, -0.15) is 0 Å². The summed E-state index contributed by atoms with van der Waals surface area (Å²) in [4.78, 5) is 22.8. The maximum Gasteiger partial charge on any atom is 0.270 e. The first-order valence-electron chi connectivity index (χ1n) is 6.75. The number of carbonyl (C=O) groups excluding carboxylic acids is 1. The van der Waals surface area contributed by atoms with Crippen LogP contribution in [0.4, 0.5) is 5.69 Å². The Morgan fingerprint density at radius 3 is 2.50 bits per heavy atom. The molecule has 0 saturated heterocycles. The van der Waals surface area contributed by atoms with Crippen molar-refractivity contribution in [1.82, 2.24) is 0 Å². The van der Waals surface area contributed by atoms with Gasteiger partial charge in [-0.15, -0.1) is 0 Å². The molecule has 0 saturated carbocycles. The molecule has 0 aliphatic carbocycles. The van der Waals surface area contributed by atoms with Gasteiger partial charge in [-0.1, -0.05) is 12.1 Å². The SMILES string of the molecule is Cc1ccc(C(=O)c2cc3cc([N+](=O)[O-])ccc3o2)cc1C. The fourth-order valence-corrected chi connectivity index (χ4v) is 2.28. The summed E-state index contributed by atoms with van der Waals surface area (Å²) < 4.78 is 5.52. The molecule has 0 amide bonds. The number of benzene rings is 2. The average Bonchev–Trinajstić information content (AvgIpc) is 2.92. The van der Waals surface area contributed by atoms with E-state index in [1.165, 1.54) is 18.2 Å². The van der Waals surface area contributed by atoms with Crippen molar-refractivity contribution in [2.24, 2.45) is 0 Å². The second kappa shape index (κ2) is 5.11. The Morgan fingerprint density at radius 2 is 1.82 bits per heavy atom. The third-order valence-electron chi connectivity index (χ3n) is 3.70. The molecule has 3 rings (SSSR count). The molecule has 2 aromatic carbocycles. The maximum absolute atomic E-state index is 12.5. The van der Waals surface area contributed by atoms with Gasteiger partial charge in [0.2, 0.25) is 5.78 Å². The average molecular weight is 295 g/mol. The quantitative estimate of drug-likeness (QED) is 0.412. The molecule has 0 radical (unpaired) electrons. The maximum atomic E-state index is 12.5. The van der Waals surface area contributed by atoms with Crippen LogP contribution in [0.1, 0.15) is 27.2 Å². The molecule has 0 aliphatic heterocycles. The highest BCUT2D eigenvalue weighted by atomic mass is 16.6. The lowest BCUT2D eigenvalue weighted by molar-refractivity contribution is -0.384. The van der Waals surface area contributed by atoms with Gasteiger partial charge in [0.1, 0.15) is 5.58 Å². The third-order valence-corrected chi connectivity index (χ3v) is 3.70. The molecular weight excluding hydrogens is 282 g/mol. The van der Waals surface area contributed by atoms with E-state index in [1.54, 1.807) is 12.1 Å².